The maximum Gasteiger partial charge on any atom is 0.157 e. The summed E-state index contributed by atoms with van der Waals surface area (Å²) in [7, 11) is 0. The highest BCUT2D eigenvalue weighted by atomic mass is 16.3. The highest BCUT2D eigenvalue weighted by molar-refractivity contribution is 5.41. The molecule has 0 heterocycles. The van der Waals surface area contributed by atoms with Crippen LogP contribution >= 0.6 is 0 Å². The molecule has 26 heavy (non-hydrogen) atoms. The fourth-order valence-electron chi connectivity index (χ4n) is 3.69. The van der Waals surface area contributed by atoms with Gasteiger partial charge in [0.2, 0.25) is 0 Å². The van der Waals surface area contributed by atoms with Gasteiger partial charge in [-0.1, -0.05) is 25.0 Å². The van der Waals surface area contributed by atoms with Gasteiger partial charge in [-0.2, -0.15) is 0 Å². The van der Waals surface area contributed by atoms with Gasteiger partial charge < -0.3 is 26.2 Å². The molecular weight excluding hydrogens is 332 g/mol. The first-order chi connectivity index (χ1) is 12.4. The van der Waals surface area contributed by atoms with Crippen LogP contribution in [0, 0.1) is 0 Å². The molecule has 0 spiro atoms. The van der Waals surface area contributed by atoms with E-state index in [4.69, 9.17) is 5.73 Å². The molecule has 0 bridgehead atoms. The van der Waals surface area contributed by atoms with E-state index in [9.17, 15) is 20.4 Å². The van der Waals surface area contributed by atoms with Gasteiger partial charge >= 0.3 is 0 Å². The molecule has 2 aromatic rings. The van der Waals surface area contributed by atoms with Crippen LogP contribution in [-0.4, -0.2) is 37.4 Å². The Morgan fingerprint density at radius 3 is 1.73 bits per heavy atom. The van der Waals surface area contributed by atoms with E-state index in [1.807, 2.05) is 0 Å². The minimum atomic E-state index is -0.141. The molecule has 1 aliphatic carbocycles. The number of rotatable bonds is 5. The zero-order chi connectivity index (χ0) is 18.7. The van der Waals surface area contributed by atoms with Crippen LogP contribution in [0.1, 0.15) is 36.8 Å². The van der Waals surface area contributed by atoms with Crippen molar-refractivity contribution in [1.82, 2.24) is 4.90 Å². The summed E-state index contributed by atoms with van der Waals surface area (Å²) < 4.78 is 0. The van der Waals surface area contributed by atoms with Crippen LogP contribution in [0.5, 0.6) is 23.0 Å². The van der Waals surface area contributed by atoms with Crippen molar-refractivity contribution in [3.8, 4) is 23.0 Å². The van der Waals surface area contributed by atoms with Crippen molar-refractivity contribution < 1.29 is 20.4 Å². The van der Waals surface area contributed by atoms with E-state index in [0.717, 1.165) is 36.8 Å². The summed E-state index contributed by atoms with van der Waals surface area (Å²) in [5.41, 5.74) is 8.13. The number of nitrogens with two attached hydrogens (primary N) is 1. The second-order valence-corrected chi connectivity index (χ2v) is 7.07. The van der Waals surface area contributed by atoms with Gasteiger partial charge in [0.15, 0.2) is 23.0 Å². The molecule has 1 aliphatic rings. The Kier molecular flexibility index (Phi) is 5.54. The summed E-state index contributed by atoms with van der Waals surface area (Å²) in [6.45, 7) is 1.13. The minimum Gasteiger partial charge on any atom is -0.504 e. The van der Waals surface area contributed by atoms with Crippen LogP contribution in [-0.2, 0) is 13.1 Å². The second-order valence-electron chi connectivity index (χ2n) is 7.07. The van der Waals surface area contributed by atoms with Crippen molar-refractivity contribution in [2.75, 3.05) is 0 Å². The summed E-state index contributed by atoms with van der Waals surface area (Å²) in [5.74, 6) is -0.563. The molecule has 140 valence electrons. The average molecular weight is 358 g/mol. The van der Waals surface area contributed by atoms with Crippen molar-refractivity contribution >= 4 is 0 Å². The van der Waals surface area contributed by atoms with E-state index in [2.05, 4.69) is 4.90 Å². The van der Waals surface area contributed by atoms with Crippen LogP contribution < -0.4 is 5.73 Å². The number of nitrogens with zero attached hydrogens (tertiary/aromatic N) is 1. The maximum atomic E-state index is 9.78. The standard InChI is InChI=1S/C20H26N2O4/c21-15-3-1-2-4-16(15)22(11-13-5-7-17(23)19(25)9-13)12-14-6-8-18(24)20(26)10-14/h5-10,15-16,23-26H,1-4,11-12,21H2/t15-,16-/m1/s1. The van der Waals surface area contributed by atoms with Crippen molar-refractivity contribution in [3.63, 3.8) is 0 Å². The van der Waals surface area contributed by atoms with E-state index >= 15 is 0 Å². The third-order valence-corrected chi connectivity index (χ3v) is 5.10. The van der Waals surface area contributed by atoms with E-state index < -0.39 is 0 Å². The summed E-state index contributed by atoms with van der Waals surface area (Å²) in [4.78, 5) is 2.24. The first-order valence-corrected chi connectivity index (χ1v) is 8.95. The lowest BCUT2D eigenvalue weighted by Gasteiger charge is -2.38. The third-order valence-electron chi connectivity index (χ3n) is 5.10. The fraction of sp³-hybridized carbons (Fsp3) is 0.400. The summed E-state index contributed by atoms with van der Waals surface area (Å²) in [6.07, 6.45) is 4.22. The molecular formula is C20H26N2O4. The fourth-order valence-corrected chi connectivity index (χ4v) is 3.69. The molecule has 0 aliphatic heterocycles. The second kappa shape index (κ2) is 7.85. The smallest absolute Gasteiger partial charge is 0.157 e. The van der Waals surface area contributed by atoms with Crippen LogP contribution in [0.2, 0.25) is 0 Å². The molecule has 6 N–H and O–H groups in total. The topological polar surface area (TPSA) is 110 Å². The van der Waals surface area contributed by atoms with Crippen molar-refractivity contribution in [2.24, 2.45) is 5.73 Å². The maximum absolute atomic E-state index is 9.78. The predicted molar refractivity (Wildman–Crippen MR) is 99.0 cm³/mol. The molecule has 0 unspecified atom stereocenters. The normalized spacial score (nSPS) is 20.4. The highest BCUT2D eigenvalue weighted by Gasteiger charge is 2.28. The monoisotopic (exact) mass is 358 g/mol. The van der Waals surface area contributed by atoms with Gasteiger partial charge in [-0.05, 0) is 48.2 Å². The lowest BCUT2D eigenvalue weighted by Crippen LogP contribution is -2.48. The Balaban J connectivity index is 1.85. The van der Waals surface area contributed by atoms with Gasteiger partial charge in [-0.15, -0.1) is 0 Å². The van der Waals surface area contributed by atoms with Crippen LogP contribution in [0.4, 0.5) is 0 Å². The quantitative estimate of drug-likeness (QED) is 0.526. The van der Waals surface area contributed by atoms with E-state index in [1.165, 1.54) is 12.1 Å². The minimum absolute atomic E-state index is 0.0696. The Hall–Kier alpha value is -2.44. The average Bonchev–Trinajstić information content (AvgIpc) is 2.61. The highest BCUT2D eigenvalue weighted by Crippen LogP contribution is 2.30. The predicted octanol–water partition coefficient (Wildman–Crippen LogP) is 2.78. The Bertz CT molecular complexity index is 712. The molecule has 1 fully saturated rings. The molecule has 0 saturated heterocycles. The zero-order valence-corrected chi connectivity index (χ0v) is 14.7. The lowest BCUT2D eigenvalue weighted by molar-refractivity contribution is 0.122. The van der Waals surface area contributed by atoms with Gasteiger partial charge in [-0.25, -0.2) is 0 Å². The van der Waals surface area contributed by atoms with Crippen LogP contribution in [0.3, 0.4) is 0 Å². The van der Waals surface area contributed by atoms with Crippen molar-refractivity contribution in [1.29, 1.82) is 0 Å². The van der Waals surface area contributed by atoms with Crippen LogP contribution in [0.15, 0.2) is 36.4 Å². The van der Waals surface area contributed by atoms with E-state index in [0.29, 0.717) is 13.1 Å². The number of phenols is 4. The molecule has 2 atom stereocenters. The van der Waals surface area contributed by atoms with Crippen LogP contribution in [0.25, 0.3) is 0 Å². The molecule has 0 amide bonds. The number of phenolic OH excluding ortho intramolecular Hbond substituents is 4. The SMILES string of the molecule is N[C@@H]1CCCC[C@H]1N(Cc1ccc(O)c(O)c1)Cc1ccc(O)c(O)c1. The molecule has 3 rings (SSSR count). The Morgan fingerprint density at radius 2 is 1.27 bits per heavy atom. The first kappa shape index (κ1) is 18.4. The van der Waals surface area contributed by atoms with Gasteiger partial charge in [0, 0.05) is 25.2 Å². The van der Waals surface area contributed by atoms with Gasteiger partial charge in [-0.3, -0.25) is 4.90 Å². The van der Waals surface area contributed by atoms with Crippen molar-refractivity contribution in [2.45, 2.75) is 50.9 Å². The number of hydrogen-bond acceptors (Lipinski definition) is 6. The zero-order valence-electron chi connectivity index (χ0n) is 14.7. The molecule has 1 saturated carbocycles. The Morgan fingerprint density at radius 1 is 0.769 bits per heavy atom. The first-order valence-electron chi connectivity index (χ1n) is 8.95. The molecule has 6 heteroatoms. The molecule has 6 nitrogen and oxygen atoms in total. The van der Waals surface area contributed by atoms with Gasteiger partial charge in [0.25, 0.3) is 0 Å². The third kappa shape index (κ3) is 4.20. The molecule has 2 aromatic carbocycles. The number of hydrogen-bond donors (Lipinski definition) is 5. The van der Waals surface area contributed by atoms with Gasteiger partial charge in [0.1, 0.15) is 0 Å². The lowest BCUT2D eigenvalue weighted by atomic mass is 9.89. The number of benzene rings is 2. The van der Waals surface area contributed by atoms with Gasteiger partial charge in [0.05, 0.1) is 0 Å². The van der Waals surface area contributed by atoms with Crippen molar-refractivity contribution in [3.05, 3.63) is 47.5 Å². The van der Waals surface area contributed by atoms with E-state index in [1.54, 1.807) is 24.3 Å². The number of aromatic hydroxyl groups is 4. The molecule has 0 aromatic heterocycles. The molecule has 0 radical (unpaired) electrons. The largest absolute Gasteiger partial charge is 0.504 e. The van der Waals surface area contributed by atoms with E-state index in [-0.39, 0.29) is 35.1 Å². The summed E-state index contributed by atoms with van der Waals surface area (Å²) in [5, 5.41) is 38.6. The summed E-state index contributed by atoms with van der Waals surface area (Å²) in [6, 6.07) is 9.91. The Labute approximate surface area is 153 Å². The summed E-state index contributed by atoms with van der Waals surface area (Å²) >= 11 is 0.